The Morgan fingerprint density at radius 1 is 1.47 bits per heavy atom. The molecule has 3 heteroatoms. The lowest BCUT2D eigenvalue weighted by Gasteiger charge is -2.28. The summed E-state index contributed by atoms with van der Waals surface area (Å²) < 4.78 is 0. The zero-order valence-electron chi connectivity index (χ0n) is 9.41. The number of rotatable bonds is 4. The standard InChI is InChI=1S/C12H20N2S/c1-10(11-5-3-2-4-6-11)14-8-12-7-13-9-15-12/h7,9-11,14H,2-6,8H2,1H3/t10-/m0/s1. The lowest BCUT2D eigenvalue weighted by Crippen LogP contribution is -2.33. The Morgan fingerprint density at radius 3 is 2.93 bits per heavy atom. The molecule has 1 aliphatic rings. The van der Waals surface area contributed by atoms with Crippen LogP contribution in [0.2, 0.25) is 0 Å². The van der Waals surface area contributed by atoms with Gasteiger partial charge in [-0.3, -0.25) is 4.98 Å². The van der Waals surface area contributed by atoms with E-state index in [2.05, 4.69) is 17.2 Å². The number of thiazole rings is 1. The van der Waals surface area contributed by atoms with Gasteiger partial charge in [-0.2, -0.15) is 0 Å². The Balaban J connectivity index is 1.74. The number of aromatic nitrogens is 1. The Bertz CT molecular complexity index is 265. The fourth-order valence-electron chi connectivity index (χ4n) is 2.39. The Kier molecular flexibility index (Phi) is 4.15. The van der Waals surface area contributed by atoms with E-state index in [0.29, 0.717) is 6.04 Å². The molecule has 0 radical (unpaired) electrons. The van der Waals surface area contributed by atoms with E-state index >= 15 is 0 Å². The molecule has 0 saturated heterocycles. The van der Waals surface area contributed by atoms with Crippen molar-refractivity contribution in [2.75, 3.05) is 0 Å². The molecule has 2 nitrogen and oxygen atoms in total. The molecule has 1 heterocycles. The topological polar surface area (TPSA) is 24.9 Å². The lowest BCUT2D eigenvalue weighted by atomic mass is 9.84. The highest BCUT2D eigenvalue weighted by molar-refractivity contribution is 7.09. The van der Waals surface area contributed by atoms with Gasteiger partial charge >= 0.3 is 0 Å². The molecule has 1 saturated carbocycles. The summed E-state index contributed by atoms with van der Waals surface area (Å²) in [5.41, 5.74) is 1.91. The number of nitrogens with one attached hydrogen (secondary N) is 1. The predicted molar refractivity (Wildman–Crippen MR) is 65.0 cm³/mol. The molecule has 0 bridgehead atoms. The van der Waals surface area contributed by atoms with Gasteiger partial charge in [-0.05, 0) is 25.7 Å². The van der Waals surface area contributed by atoms with Crippen molar-refractivity contribution in [1.82, 2.24) is 10.3 Å². The summed E-state index contributed by atoms with van der Waals surface area (Å²) >= 11 is 1.74. The molecular weight excluding hydrogens is 204 g/mol. The van der Waals surface area contributed by atoms with Gasteiger partial charge in [0.1, 0.15) is 0 Å². The first-order chi connectivity index (χ1) is 7.36. The van der Waals surface area contributed by atoms with E-state index in [1.165, 1.54) is 37.0 Å². The zero-order valence-corrected chi connectivity index (χ0v) is 10.2. The molecule has 0 spiro atoms. The first-order valence-electron chi connectivity index (χ1n) is 5.97. The smallest absolute Gasteiger partial charge is 0.0794 e. The Labute approximate surface area is 96.1 Å². The van der Waals surface area contributed by atoms with Crippen molar-refractivity contribution in [3.8, 4) is 0 Å². The van der Waals surface area contributed by atoms with Crippen LogP contribution >= 0.6 is 11.3 Å². The van der Waals surface area contributed by atoms with Gasteiger partial charge in [0.15, 0.2) is 0 Å². The molecule has 1 aromatic heterocycles. The molecule has 1 aromatic rings. The normalized spacial score (nSPS) is 20.3. The second-order valence-electron chi connectivity index (χ2n) is 4.54. The van der Waals surface area contributed by atoms with Gasteiger partial charge in [0.25, 0.3) is 0 Å². The minimum Gasteiger partial charge on any atom is -0.309 e. The summed E-state index contributed by atoms with van der Waals surface area (Å²) in [7, 11) is 0. The second-order valence-corrected chi connectivity index (χ2v) is 5.51. The molecule has 15 heavy (non-hydrogen) atoms. The Hall–Kier alpha value is -0.410. The van der Waals surface area contributed by atoms with Gasteiger partial charge in [-0.25, -0.2) is 0 Å². The van der Waals surface area contributed by atoms with Crippen molar-refractivity contribution in [1.29, 1.82) is 0 Å². The van der Waals surface area contributed by atoms with Crippen LogP contribution < -0.4 is 5.32 Å². The summed E-state index contributed by atoms with van der Waals surface area (Å²) in [5, 5.41) is 3.63. The lowest BCUT2D eigenvalue weighted by molar-refractivity contribution is 0.281. The molecule has 1 fully saturated rings. The van der Waals surface area contributed by atoms with E-state index in [1.54, 1.807) is 11.3 Å². The van der Waals surface area contributed by atoms with E-state index in [-0.39, 0.29) is 0 Å². The molecule has 0 unspecified atom stereocenters. The molecule has 2 rings (SSSR count). The minimum absolute atomic E-state index is 0.660. The molecule has 1 aliphatic carbocycles. The van der Waals surface area contributed by atoms with Crippen molar-refractivity contribution in [2.45, 2.75) is 51.6 Å². The van der Waals surface area contributed by atoms with E-state index in [1.807, 2.05) is 11.7 Å². The van der Waals surface area contributed by atoms with Crippen LogP contribution in [0, 0.1) is 5.92 Å². The van der Waals surface area contributed by atoms with E-state index in [4.69, 9.17) is 0 Å². The minimum atomic E-state index is 0.660. The fourth-order valence-corrected chi connectivity index (χ4v) is 2.94. The Morgan fingerprint density at radius 2 is 2.27 bits per heavy atom. The van der Waals surface area contributed by atoms with Gasteiger partial charge in [-0.15, -0.1) is 11.3 Å². The summed E-state index contributed by atoms with van der Waals surface area (Å²) in [5.74, 6) is 0.895. The summed E-state index contributed by atoms with van der Waals surface area (Å²) in [6.07, 6.45) is 9.09. The summed E-state index contributed by atoms with van der Waals surface area (Å²) in [6, 6.07) is 0.660. The number of nitrogens with zero attached hydrogens (tertiary/aromatic N) is 1. The van der Waals surface area contributed by atoms with Crippen LogP contribution in [0.15, 0.2) is 11.7 Å². The van der Waals surface area contributed by atoms with Crippen LogP contribution in [-0.2, 0) is 6.54 Å². The third-order valence-electron chi connectivity index (χ3n) is 3.44. The average Bonchev–Trinajstić information content (AvgIpc) is 2.80. The van der Waals surface area contributed by atoms with Gasteiger partial charge in [0, 0.05) is 23.7 Å². The molecule has 84 valence electrons. The number of hydrogen-bond donors (Lipinski definition) is 1. The largest absolute Gasteiger partial charge is 0.309 e. The predicted octanol–water partition coefficient (Wildman–Crippen LogP) is 3.20. The third-order valence-corrected chi connectivity index (χ3v) is 4.22. The highest BCUT2D eigenvalue weighted by Gasteiger charge is 2.19. The van der Waals surface area contributed by atoms with Gasteiger partial charge in [-0.1, -0.05) is 19.3 Å². The highest BCUT2D eigenvalue weighted by atomic mass is 32.1. The van der Waals surface area contributed by atoms with Crippen LogP contribution in [0.5, 0.6) is 0 Å². The molecular formula is C12H20N2S. The molecule has 0 aromatic carbocycles. The quantitative estimate of drug-likeness (QED) is 0.849. The second kappa shape index (κ2) is 5.61. The molecule has 0 amide bonds. The summed E-state index contributed by atoms with van der Waals surface area (Å²) in [6.45, 7) is 3.32. The van der Waals surface area contributed by atoms with Gasteiger partial charge in [0.05, 0.1) is 5.51 Å². The maximum absolute atomic E-state index is 4.09. The SMILES string of the molecule is C[C@H](NCc1cncs1)C1CCCCC1. The van der Waals surface area contributed by atoms with Crippen LogP contribution in [0.3, 0.4) is 0 Å². The van der Waals surface area contributed by atoms with E-state index in [9.17, 15) is 0 Å². The highest BCUT2D eigenvalue weighted by Crippen LogP contribution is 2.26. The van der Waals surface area contributed by atoms with Crippen LogP contribution in [0.1, 0.15) is 43.9 Å². The van der Waals surface area contributed by atoms with Crippen molar-refractivity contribution in [2.24, 2.45) is 5.92 Å². The van der Waals surface area contributed by atoms with E-state index in [0.717, 1.165) is 12.5 Å². The fraction of sp³-hybridized carbons (Fsp3) is 0.750. The van der Waals surface area contributed by atoms with Crippen LogP contribution in [0.25, 0.3) is 0 Å². The van der Waals surface area contributed by atoms with Crippen molar-refractivity contribution in [3.05, 3.63) is 16.6 Å². The van der Waals surface area contributed by atoms with Gasteiger partial charge < -0.3 is 5.32 Å². The molecule has 0 aliphatic heterocycles. The molecule has 1 N–H and O–H groups in total. The maximum atomic E-state index is 4.09. The first-order valence-corrected chi connectivity index (χ1v) is 6.85. The first kappa shape index (κ1) is 11.1. The summed E-state index contributed by atoms with van der Waals surface area (Å²) in [4.78, 5) is 5.44. The monoisotopic (exact) mass is 224 g/mol. The van der Waals surface area contributed by atoms with Crippen LogP contribution in [-0.4, -0.2) is 11.0 Å². The van der Waals surface area contributed by atoms with E-state index < -0.39 is 0 Å². The third kappa shape index (κ3) is 3.28. The van der Waals surface area contributed by atoms with Crippen molar-refractivity contribution >= 4 is 11.3 Å². The maximum Gasteiger partial charge on any atom is 0.0794 e. The number of hydrogen-bond acceptors (Lipinski definition) is 3. The van der Waals surface area contributed by atoms with Gasteiger partial charge in [0.2, 0.25) is 0 Å². The van der Waals surface area contributed by atoms with Crippen molar-refractivity contribution in [3.63, 3.8) is 0 Å². The van der Waals surface area contributed by atoms with Crippen molar-refractivity contribution < 1.29 is 0 Å². The average molecular weight is 224 g/mol. The van der Waals surface area contributed by atoms with Crippen LogP contribution in [0.4, 0.5) is 0 Å². The molecule has 1 atom stereocenters. The zero-order chi connectivity index (χ0) is 10.5.